The average Bonchev–Trinajstić information content (AvgIpc) is 3.08. The van der Waals surface area contributed by atoms with E-state index < -0.39 is 28.8 Å². The predicted octanol–water partition coefficient (Wildman–Crippen LogP) is 1.50. The van der Waals surface area contributed by atoms with Crippen molar-refractivity contribution in [1.29, 1.82) is 0 Å². The Labute approximate surface area is 223 Å². The molecule has 0 spiro atoms. The Hall–Kier alpha value is -3.56. The molecule has 2 fully saturated rings. The summed E-state index contributed by atoms with van der Waals surface area (Å²) in [5, 5.41) is 2.75. The van der Waals surface area contributed by atoms with Crippen LogP contribution in [-0.4, -0.2) is 71.8 Å². The molecule has 9 heteroatoms. The van der Waals surface area contributed by atoms with Gasteiger partial charge in [-0.1, -0.05) is 60.7 Å². The number of hydrogen-bond acceptors (Lipinski definition) is 6. The predicted molar refractivity (Wildman–Crippen MR) is 141 cm³/mol. The molecule has 4 amide bonds. The highest BCUT2D eigenvalue weighted by Gasteiger charge is 2.60. The van der Waals surface area contributed by atoms with E-state index in [2.05, 4.69) is 5.32 Å². The van der Waals surface area contributed by atoms with Crippen LogP contribution < -0.4 is 11.1 Å². The molecule has 0 saturated carbocycles. The van der Waals surface area contributed by atoms with Gasteiger partial charge in [-0.2, -0.15) is 0 Å². The fourth-order valence-corrected chi connectivity index (χ4v) is 5.35. The Morgan fingerprint density at radius 2 is 1.68 bits per heavy atom. The van der Waals surface area contributed by atoms with Crippen molar-refractivity contribution < 1.29 is 23.9 Å². The number of rotatable bonds is 9. The maximum Gasteiger partial charge on any atom is 0.247 e. The summed E-state index contributed by atoms with van der Waals surface area (Å²) in [6.07, 6.45) is 0.704. The van der Waals surface area contributed by atoms with Crippen molar-refractivity contribution in [2.45, 2.75) is 44.9 Å². The van der Waals surface area contributed by atoms with Crippen molar-refractivity contribution in [3.05, 3.63) is 71.8 Å². The third kappa shape index (κ3) is 5.63. The number of ether oxygens (including phenoxy) is 1. The molecule has 3 N–H and O–H groups in total. The lowest BCUT2D eigenvalue weighted by Gasteiger charge is -2.43. The molecule has 2 aromatic rings. The summed E-state index contributed by atoms with van der Waals surface area (Å²) in [6, 6.07) is 18.0. The number of amides is 4. The van der Waals surface area contributed by atoms with Crippen LogP contribution in [0.2, 0.25) is 0 Å². The van der Waals surface area contributed by atoms with Crippen LogP contribution in [0.4, 0.5) is 0 Å². The van der Waals surface area contributed by atoms with Crippen LogP contribution in [0, 0.1) is 11.3 Å². The summed E-state index contributed by atoms with van der Waals surface area (Å²) >= 11 is 0. The van der Waals surface area contributed by atoms with Crippen molar-refractivity contribution >= 4 is 23.6 Å². The number of carbonyl (C=O) groups excluding carboxylic acids is 4. The molecule has 9 nitrogen and oxygen atoms in total. The summed E-state index contributed by atoms with van der Waals surface area (Å²) in [4.78, 5) is 55.9. The number of benzene rings is 2. The lowest BCUT2D eigenvalue weighted by molar-refractivity contribution is -0.147. The van der Waals surface area contributed by atoms with Crippen LogP contribution >= 0.6 is 0 Å². The summed E-state index contributed by atoms with van der Waals surface area (Å²) in [5.41, 5.74) is 5.58. The van der Waals surface area contributed by atoms with Crippen molar-refractivity contribution in [1.82, 2.24) is 15.1 Å². The minimum atomic E-state index is -1.20. The number of likely N-dealkylation sites (tertiary alicyclic amines) is 2. The highest BCUT2D eigenvalue weighted by Crippen LogP contribution is 2.46. The second-order valence-electron chi connectivity index (χ2n) is 10.9. The van der Waals surface area contributed by atoms with E-state index in [0.29, 0.717) is 19.4 Å². The van der Waals surface area contributed by atoms with Gasteiger partial charge in [-0.15, -0.1) is 0 Å². The smallest absolute Gasteiger partial charge is 0.247 e. The third-order valence-corrected chi connectivity index (χ3v) is 7.45. The molecule has 2 unspecified atom stereocenters. The summed E-state index contributed by atoms with van der Waals surface area (Å²) in [7, 11) is 1.51. The molecule has 0 aromatic heterocycles. The first-order chi connectivity index (χ1) is 18.0. The SMILES string of the molecule is CN1C(=O)C2CCN(C(=O)[C@@H](COCc3ccccc3)NC(=O)C(C)(C)N)CC2(Cc2ccccc2)C1=O. The average molecular weight is 521 g/mol. The molecule has 0 bridgehead atoms. The Kier molecular flexibility index (Phi) is 7.99. The topological polar surface area (TPSA) is 122 Å². The molecule has 0 aliphatic carbocycles. The molecule has 2 heterocycles. The molecule has 2 aliphatic heterocycles. The Balaban J connectivity index is 1.57. The standard InChI is InChI=1S/C29H36N4O5/c1-28(2,30)26(36)31-23(18-38-17-21-12-8-5-9-13-21)25(35)33-15-14-22-24(34)32(3)27(37)29(22,19-33)16-20-10-6-4-7-11-20/h4-13,22-23H,14-19,30H2,1-3H3,(H,31,36)/t22?,23-,29?/m1/s1. The second kappa shape index (κ2) is 11.0. The van der Waals surface area contributed by atoms with Crippen molar-refractivity contribution in [3.63, 3.8) is 0 Å². The Morgan fingerprint density at radius 3 is 2.29 bits per heavy atom. The molecule has 2 aromatic carbocycles. The number of imide groups is 1. The quantitative estimate of drug-likeness (QED) is 0.484. The van der Waals surface area contributed by atoms with E-state index in [-0.39, 0.29) is 37.5 Å². The van der Waals surface area contributed by atoms with E-state index in [0.717, 1.165) is 11.1 Å². The van der Waals surface area contributed by atoms with E-state index in [9.17, 15) is 19.2 Å². The summed E-state index contributed by atoms with van der Waals surface area (Å²) < 4.78 is 5.84. The maximum absolute atomic E-state index is 13.8. The van der Waals surface area contributed by atoms with E-state index in [1.807, 2.05) is 60.7 Å². The maximum atomic E-state index is 13.8. The van der Waals surface area contributed by atoms with Crippen LogP contribution in [0.1, 0.15) is 31.4 Å². The minimum Gasteiger partial charge on any atom is -0.374 e. The van der Waals surface area contributed by atoms with E-state index in [4.69, 9.17) is 10.5 Å². The van der Waals surface area contributed by atoms with Crippen molar-refractivity contribution in [2.75, 3.05) is 26.7 Å². The largest absolute Gasteiger partial charge is 0.374 e. The van der Waals surface area contributed by atoms with Gasteiger partial charge in [0.15, 0.2) is 0 Å². The van der Waals surface area contributed by atoms with Gasteiger partial charge in [0.1, 0.15) is 6.04 Å². The molecule has 4 rings (SSSR count). The van der Waals surface area contributed by atoms with Gasteiger partial charge < -0.3 is 20.7 Å². The summed E-state index contributed by atoms with van der Waals surface area (Å²) in [6.45, 7) is 3.71. The minimum absolute atomic E-state index is 0.0616. The van der Waals surface area contributed by atoms with Gasteiger partial charge >= 0.3 is 0 Å². The zero-order chi connectivity index (χ0) is 27.5. The van der Waals surface area contributed by atoms with Gasteiger partial charge in [0.2, 0.25) is 23.6 Å². The van der Waals surface area contributed by atoms with Gasteiger partial charge in [0, 0.05) is 20.1 Å². The normalized spacial score (nSPS) is 22.3. The van der Waals surface area contributed by atoms with Crippen LogP contribution in [0.15, 0.2) is 60.7 Å². The fraction of sp³-hybridized carbons (Fsp3) is 0.448. The Bertz CT molecular complexity index is 1180. The van der Waals surface area contributed by atoms with Gasteiger partial charge in [-0.3, -0.25) is 24.1 Å². The van der Waals surface area contributed by atoms with Crippen LogP contribution in [0.25, 0.3) is 0 Å². The third-order valence-electron chi connectivity index (χ3n) is 7.45. The fourth-order valence-electron chi connectivity index (χ4n) is 5.35. The summed E-state index contributed by atoms with van der Waals surface area (Å²) in [5.74, 6) is -1.84. The first-order valence-electron chi connectivity index (χ1n) is 12.9. The number of fused-ring (bicyclic) bond motifs is 1. The van der Waals surface area contributed by atoms with Gasteiger partial charge in [-0.05, 0) is 37.8 Å². The number of carbonyl (C=O) groups is 4. The molecule has 3 atom stereocenters. The van der Waals surface area contributed by atoms with E-state index in [1.165, 1.54) is 11.9 Å². The number of piperidine rings is 1. The first kappa shape index (κ1) is 27.5. The lowest BCUT2D eigenvalue weighted by Crippen LogP contribution is -2.61. The monoisotopic (exact) mass is 520 g/mol. The molecule has 202 valence electrons. The van der Waals surface area contributed by atoms with Crippen molar-refractivity contribution in [3.8, 4) is 0 Å². The van der Waals surface area contributed by atoms with Gasteiger partial charge in [0.25, 0.3) is 0 Å². The van der Waals surface area contributed by atoms with Crippen LogP contribution in [0.3, 0.4) is 0 Å². The zero-order valence-corrected chi connectivity index (χ0v) is 22.2. The highest BCUT2D eigenvalue weighted by atomic mass is 16.5. The molecule has 2 saturated heterocycles. The first-order valence-corrected chi connectivity index (χ1v) is 12.9. The van der Waals surface area contributed by atoms with E-state index in [1.54, 1.807) is 18.7 Å². The van der Waals surface area contributed by atoms with Crippen LogP contribution in [0.5, 0.6) is 0 Å². The number of hydrogen-bond donors (Lipinski definition) is 2. The number of nitrogens with one attached hydrogen (secondary N) is 1. The second-order valence-corrected chi connectivity index (χ2v) is 10.9. The van der Waals surface area contributed by atoms with Gasteiger partial charge in [-0.25, -0.2) is 0 Å². The lowest BCUT2D eigenvalue weighted by atomic mass is 9.68. The Morgan fingerprint density at radius 1 is 1.08 bits per heavy atom. The molecular weight excluding hydrogens is 484 g/mol. The van der Waals surface area contributed by atoms with Gasteiger partial charge in [0.05, 0.1) is 30.1 Å². The number of nitrogens with zero attached hydrogens (tertiary/aromatic N) is 2. The number of nitrogens with two attached hydrogens (primary N) is 1. The van der Waals surface area contributed by atoms with E-state index >= 15 is 0 Å². The van der Waals surface area contributed by atoms with Crippen LogP contribution in [-0.2, 0) is 36.9 Å². The molecule has 0 radical (unpaired) electrons. The van der Waals surface area contributed by atoms with Crippen molar-refractivity contribution in [2.24, 2.45) is 17.1 Å². The zero-order valence-electron chi connectivity index (χ0n) is 22.2. The molecular formula is C29H36N4O5. The molecule has 38 heavy (non-hydrogen) atoms. The highest BCUT2D eigenvalue weighted by molar-refractivity contribution is 6.08. The molecule has 2 aliphatic rings.